The molecule has 9 heteroatoms. The van der Waals surface area contributed by atoms with Crippen LogP contribution in [0, 0.1) is 0 Å². The zero-order valence-electron chi connectivity index (χ0n) is 19.3. The lowest BCUT2D eigenvalue weighted by atomic mass is 10.2. The van der Waals surface area contributed by atoms with Crippen molar-refractivity contribution in [2.45, 2.75) is 26.9 Å². The Morgan fingerprint density at radius 3 is 2.51 bits per heavy atom. The Kier molecular flexibility index (Phi) is 10.3. The first-order valence-electron chi connectivity index (χ1n) is 11.0. The van der Waals surface area contributed by atoms with Crippen molar-refractivity contribution < 1.29 is 19.0 Å². The predicted molar refractivity (Wildman–Crippen MR) is 143 cm³/mol. The van der Waals surface area contributed by atoms with Crippen LogP contribution in [-0.4, -0.2) is 25.3 Å². The quantitative estimate of drug-likeness (QED) is 0.191. The smallest absolute Gasteiger partial charge is 0.271 e. The van der Waals surface area contributed by atoms with Crippen molar-refractivity contribution in [3.8, 4) is 17.2 Å². The Hall–Kier alpha value is -2.74. The van der Waals surface area contributed by atoms with E-state index in [9.17, 15) is 4.79 Å². The third kappa shape index (κ3) is 7.88. The van der Waals surface area contributed by atoms with E-state index in [1.807, 2.05) is 32.0 Å². The number of carbonyl (C=O) groups is 1. The van der Waals surface area contributed by atoms with Gasteiger partial charge in [-0.15, -0.1) is 0 Å². The van der Waals surface area contributed by atoms with E-state index in [1.54, 1.807) is 36.4 Å². The van der Waals surface area contributed by atoms with E-state index in [0.29, 0.717) is 51.6 Å². The van der Waals surface area contributed by atoms with Crippen LogP contribution in [0.4, 0.5) is 0 Å². The number of halogens is 3. The molecule has 6 nitrogen and oxygen atoms in total. The van der Waals surface area contributed by atoms with Crippen molar-refractivity contribution in [2.75, 3.05) is 13.2 Å². The molecule has 3 aromatic carbocycles. The number of carbonyl (C=O) groups excluding carboxylic acids is 1. The van der Waals surface area contributed by atoms with Crippen LogP contribution < -0.4 is 19.6 Å². The molecule has 1 amide bonds. The highest BCUT2D eigenvalue weighted by molar-refractivity contribution is 9.10. The standard InChI is InChI=1S/C26H25BrCl2N2O4/c1-3-11-34-24-9-6-17(13-25(24)33-4-2)26(32)31-30-15-19-12-20(27)7-10-23(19)35-16-18-5-8-21(28)14-22(18)29/h5-10,12-15H,3-4,11,16H2,1-2H3,(H,31,32)/b30-15+. The Bertz CT molecular complexity index is 1200. The second-order valence-electron chi connectivity index (χ2n) is 7.35. The molecule has 1 N–H and O–H groups in total. The fourth-order valence-electron chi connectivity index (χ4n) is 3.02. The maximum absolute atomic E-state index is 12.7. The molecule has 0 saturated heterocycles. The average molecular weight is 580 g/mol. The molecule has 0 radical (unpaired) electrons. The maximum Gasteiger partial charge on any atom is 0.271 e. The van der Waals surface area contributed by atoms with Gasteiger partial charge in [-0.05, 0) is 61.9 Å². The molecule has 0 spiro atoms. The van der Waals surface area contributed by atoms with Gasteiger partial charge in [-0.1, -0.05) is 52.1 Å². The van der Waals surface area contributed by atoms with Crippen LogP contribution in [0.2, 0.25) is 10.0 Å². The zero-order valence-corrected chi connectivity index (χ0v) is 22.4. The van der Waals surface area contributed by atoms with Gasteiger partial charge in [0.05, 0.1) is 19.4 Å². The molecular formula is C26H25BrCl2N2O4. The van der Waals surface area contributed by atoms with Crippen LogP contribution in [0.15, 0.2) is 64.2 Å². The van der Waals surface area contributed by atoms with Gasteiger partial charge in [0.25, 0.3) is 5.91 Å². The summed E-state index contributed by atoms with van der Waals surface area (Å²) in [7, 11) is 0. The highest BCUT2D eigenvalue weighted by atomic mass is 79.9. The minimum Gasteiger partial charge on any atom is -0.490 e. The summed E-state index contributed by atoms with van der Waals surface area (Å²) in [5, 5.41) is 5.19. The summed E-state index contributed by atoms with van der Waals surface area (Å²) in [6.45, 7) is 5.17. The molecule has 35 heavy (non-hydrogen) atoms. The number of benzene rings is 3. The van der Waals surface area contributed by atoms with Gasteiger partial charge in [-0.3, -0.25) is 4.79 Å². The Labute approximate surface area is 223 Å². The number of hydrazone groups is 1. The lowest BCUT2D eigenvalue weighted by molar-refractivity contribution is 0.0954. The minimum absolute atomic E-state index is 0.248. The molecule has 0 aliphatic rings. The zero-order chi connectivity index (χ0) is 25.2. The Balaban J connectivity index is 1.70. The van der Waals surface area contributed by atoms with Crippen molar-refractivity contribution in [3.63, 3.8) is 0 Å². The van der Waals surface area contributed by atoms with Gasteiger partial charge >= 0.3 is 0 Å². The van der Waals surface area contributed by atoms with E-state index < -0.39 is 0 Å². The normalized spacial score (nSPS) is 10.9. The fraction of sp³-hybridized carbons (Fsp3) is 0.231. The Morgan fingerprint density at radius 2 is 1.77 bits per heavy atom. The first-order chi connectivity index (χ1) is 16.9. The number of amides is 1. The van der Waals surface area contributed by atoms with E-state index in [0.717, 1.165) is 16.5 Å². The van der Waals surface area contributed by atoms with E-state index >= 15 is 0 Å². The van der Waals surface area contributed by atoms with Crippen LogP contribution in [-0.2, 0) is 6.61 Å². The van der Waals surface area contributed by atoms with Gasteiger partial charge in [-0.25, -0.2) is 5.43 Å². The SMILES string of the molecule is CCCOc1ccc(C(=O)N/N=C/c2cc(Br)ccc2OCc2ccc(Cl)cc2Cl)cc1OCC. The van der Waals surface area contributed by atoms with Crippen LogP contribution in [0.3, 0.4) is 0 Å². The highest BCUT2D eigenvalue weighted by Gasteiger charge is 2.12. The van der Waals surface area contributed by atoms with E-state index in [2.05, 4.69) is 26.5 Å². The molecule has 0 aromatic heterocycles. The van der Waals surface area contributed by atoms with Gasteiger partial charge in [0, 0.05) is 31.2 Å². The number of nitrogens with one attached hydrogen (secondary N) is 1. The van der Waals surface area contributed by atoms with Gasteiger partial charge in [0.2, 0.25) is 0 Å². The molecule has 0 unspecified atom stereocenters. The number of hydrogen-bond donors (Lipinski definition) is 1. The van der Waals surface area contributed by atoms with Gasteiger partial charge < -0.3 is 14.2 Å². The molecule has 184 valence electrons. The molecular weight excluding hydrogens is 555 g/mol. The van der Waals surface area contributed by atoms with E-state index in [4.69, 9.17) is 37.4 Å². The Morgan fingerprint density at radius 1 is 0.971 bits per heavy atom. The lowest BCUT2D eigenvalue weighted by Crippen LogP contribution is -2.18. The number of hydrogen-bond acceptors (Lipinski definition) is 5. The van der Waals surface area contributed by atoms with Crippen molar-refractivity contribution in [1.82, 2.24) is 5.43 Å². The van der Waals surface area contributed by atoms with Crippen molar-refractivity contribution in [2.24, 2.45) is 5.10 Å². The fourth-order valence-corrected chi connectivity index (χ4v) is 3.86. The summed E-state index contributed by atoms with van der Waals surface area (Å²) in [6, 6.07) is 15.8. The second kappa shape index (κ2) is 13.4. The minimum atomic E-state index is -0.380. The topological polar surface area (TPSA) is 69.2 Å². The summed E-state index contributed by atoms with van der Waals surface area (Å²) in [4.78, 5) is 12.7. The van der Waals surface area contributed by atoms with Crippen LogP contribution in [0.1, 0.15) is 41.8 Å². The van der Waals surface area contributed by atoms with E-state index in [1.165, 1.54) is 6.21 Å². The molecule has 3 rings (SSSR count). The van der Waals surface area contributed by atoms with Gasteiger partial charge in [0.15, 0.2) is 11.5 Å². The summed E-state index contributed by atoms with van der Waals surface area (Å²) < 4.78 is 18.1. The molecule has 3 aromatic rings. The number of ether oxygens (including phenoxy) is 3. The molecule has 0 fully saturated rings. The summed E-state index contributed by atoms with van der Waals surface area (Å²) in [5.41, 5.74) is 4.41. The first kappa shape index (κ1) is 26.9. The van der Waals surface area contributed by atoms with Crippen LogP contribution in [0.25, 0.3) is 0 Å². The third-order valence-corrected chi connectivity index (χ3v) is 5.79. The van der Waals surface area contributed by atoms with Gasteiger partial charge in [-0.2, -0.15) is 5.10 Å². The maximum atomic E-state index is 12.7. The van der Waals surface area contributed by atoms with Crippen LogP contribution >= 0.6 is 39.1 Å². The van der Waals surface area contributed by atoms with Crippen LogP contribution in [0.5, 0.6) is 17.2 Å². The molecule has 0 aliphatic heterocycles. The monoisotopic (exact) mass is 578 g/mol. The number of nitrogens with zero attached hydrogens (tertiary/aromatic N) is 1. The third-order valence-electron chi connectivity index (χ3n) is 4.71. The average Bonchev–Trinajstić information content (AvgIpc) is 2.83. The molecule has 0 heterocycles. The highest BCUT2D eigenvalue weighted by Crippen LogP contribution is 2.29. The van der Waals surface area contributed by atoms with Crippen molar-refractivity contribution in [3.05, 3.63) is 85.8 Å². The lowest BCUT2D eigenvalue weighted by Gasteiger charge is -2.12. The molecule has 0 saturated carbocycles. The second-order valence-corrected chi connectivity index (χ2v) is 9.11. The van der Waals surface area contributed by atoms with Crippen molar-refractivity contribution in [1.29, 1.82) is 0 Å². The summed E-state index contributed by atoms with van der Waals surface area (Å²) in [6.07, 6.45) is 2.39. The predicted octanol–water partition coefficient (Wildman–Crippen LogP) is 7.29. The largest absolute Gasteiger partial charge is 0.490 e. The molecule has 0 atom stereocenters. The first-order valence-corrected chi connectivity index (χ1v) is 12.6. The van der Waals surface area contributed by atoms with Gasteiger partial charge in [0.1, 0.15) is 12.4 Å². The summed E-state index contributed by atoms with van der Waals surface area (Å²) in [5.74, 6) is 1.31. The van der Waals surface area contributed by atoms with Crippen molar-refractivity contribution >= 4 is 51.3 Å². The molecule has 0 aliphatic carbocycles. The summed E-state index contributed by atoms with van der Waals surface area (Å²) >= 11 is 15.7. The molecule has 0 bridgehead atoms. The van der Waals surface area contributed by atoms with E-state index in [-0.39, 0.29) is 12.5 Å². The number of rotatable bonds is 11.